The van der Waals surface area contributed by atoms with E-state index in [1.54, 1.807) is 31.2 Å². The van der Waals surface area contributed by atoms with Gasteiger partial charge in [-0.3, -0.25) is 4.72 Å². The standard InChI is InChI=1S/C12H15N3O3S2/c1-9-14-8-12(19-9)20(16,17)15-10-2-4-11(5-3-10)18-7-6-13/h2-5,8,15H,6-7,13H2,1H3. The summed E-state index contributed by atoms with van der Waals surface area (Å²) < 4.78 is 32.2. The Hall–Kier alpha value is -1.64. The van der Waals surface area contributed by atoms with Gasteiger partial charge in [0.1, 0.15) is 12.4 Å². The molecule has 0 aliphatic carbocycles. The Morgan fingerprint density at radius 1 is 1.35 bits per heavy atom. The maximum atomic E-state index is 12.1. The number of thiazole rings is 1. The van der Waals surface area contributed by atoms with Crippen LogP contribution in [-0.4, -0.2) is 26.6 Å². The highest BCUT2D eigenvalue weighted by molar-refractivity contribution is 7.94. The first-order chi connectivity index (χ1) is 9.51. The average Bonchev–Trinajstić information content (AvgIpc) is 2.85. The largest absolute Gasteiger partial charge is 0.492 e. The first kappa shape index (κ1) is 14.8. The molecule has 0 aliphatic heterocycles. The van der Waals surface area contributed by atoms with Gasteiger partial charge < -0.3 is 10.5 Å². The SMILES string of the molecule is Cc1ncc(S(=O)(=O)Nc2ccc(OCCN)cc2)s1. The zero-order valence-corrected chi connectivity index (χ0v) is 12.5. The molecule has 1 aromatic heterocycles. The van der Waals surface area contributed by atoms with Crippen molar-refractivity contribution in [2.45, 2.75) is 11.1 Å². The van der Waals surface area contributed by atoms with E-state index in [0.29, 0.717) is 29.6 Å². The van der Waals surface area contributed by atoms with Gasteiger partial charge in [-0.15, -0.1) is 11.3 Å². The lowest BCUT2D eigenvalue weighted by molar-refractivity contribution is 0.328. The summed E-state index contributed by atoms with van der Waals surface area (Å²) in [6.45, 7) is 2.61. The van der Waals surface area contributed by atoms with Crippen molar-refractivity contribution in [3.63, 3.8) is 0 Å². The Balaban J connectivity index is 2.09. The number of anilines is 1. The Morgan fingerprint density at radius 3 is 2.60 bits per heavy atom. The van der Waals surface area contributed by atoms with Gasteiger partial charge in [-0.25, -0.2) is 13.4 Å². The van der Waals surface area contributed by atoms with Crippen molar-refractivity contribution < 1.29 is 13.2 Å². The minimum atomic E-state index is -3.58. The maximum absolute atomic E-state index is 12.1. The molecule has 108 valence electrons. The Bertz CT molecular complexity index is 666. The molecule has 2 rings (SSSR count). The summed E-state index contributed by atoms with van der Waals surface area (Å²) in [5, 5.41) is 0.705. The van der Waals surface area contributed by atoms with Gasteiger partial charge in [-0.05, 0) is 31.2 Å². The van der Waals surface area contributed by atoms with Crippen molar-refractivity contribution in [1.82, 2.24) is 4.98 Å². The fourth-order valence-corrected chi connectivity index (χ4v) is 3.63. The number of nitrogens with one attached hydrogen (secondary N) is 1. The molecule has 0 bridgehead atoms. The lowest BCUT2D eigenvalue weighted by atomic mass is 10.3. The summed E-state index contributed by atoms with van der Waals surface area (Å²) in [4.78, 5) is 3.94. The Labute approximate surface area is 121 Å². The maximum Gasteiger partial charge on any atom is 0.273 e. The van der Waals surface area contributed by atoms with Gasteiger partial charge >= 0.3 is 0 Å². The molecule has 0 atom stereocenters. The van der Waals surface area contributed by atoms with E-state index in [0.717, 1.165) is 11.3 Å². The second-order valence-electron chi connectivity index (χ2n) is 3.97. The normalized spacial score (nSPS) is 11.3. The first-order valence-corrected chi connectivity index (χ1v) is 8.19. The molecule has 0 saturated heterocycles. The monoisotopic (exact) mass is 313 g/mol. The van der Waals surface area contributed by atoms with Crippen LogP contribution in [0, 0.1) is 6.92 Å². The van der Waals surface area contributed by atoms with E-state index in [2.05, 4.69) is 9.71 Å². The van der Waals surface area contributed by atoms with Crippen LogP contribution in [0.25, 0.3) is 0 Å². The highest BCUT2D eigenvalue weighted by Crippen LogP contribution is 2.22. The Morgan fingerprint density at radius 2 is 2.05 bits per heavy atom. The first-order valence-electron chi connectivity index (χ1n) is 5.89. The predicted octanol–water partition coefficient (Wildman–Crippen LogP) is 1.59. The van der Waals surface area contributed by atoms with E-state index in [4.69, 9.17) is 10.5 Å². The lowest BCUT2D eigenvalue weighted by Crippen LogP contribution is -2.12. The van der Waals surface area contributed by atoms with E-state index >= 15 is 0 Å². The highest BCUT2D eigenvalue weighted by atomic mass is 32.2. The van der Waals surface area contributed by atoms with Crippen LogP contribution in [0.2, 0.25) is 0 Å². The molecule has 0 saturated carbocycles. The summed E-state index contributed by atoms with van der Waals surface area (Å²) in [7, 11) is -3.58. The number of hydrogen-bond acceptors (Lipinski definition) is 6. The van der Waals surface area contributed by atoms with E-state index in [-0.39, 0.29) is 4.21 Å². The van der Waals surface area contributed by atoms with Gasteiger partial charge in [0.05, 0.1) is 11.2 Å². The molecule has 20 heavy (non-hydrogen) atoms. The highest BCUT2D eigenvalue weighted by Gasteiger charge is 2.17. The minimum Gasteiger partial charge on any atom is -0.492 e. The Kier molecular flexibility index (Phi) is 4.58. The zero-order chi connectivity index (χ0) is 14.6. The third kappa shape index (κ3) is 3.69. The third-order valence-electron chi connectivity index (χ3n) is 2.36. The van der Waals surface area contributed by atoms with Crippen molar-refractivity contribution in [1.29, 1.82) is 0 Å². The minimum absolute atomic E-state index is 0.193. The van der Waals surface area contributed by atoms with Crippen LogP contribution in [-0.2, 0) is 10.0 Å². The van der Waals surface area contributed by atoms with Gasteiger partial charge in [0, 0.05) is 12.2 Å². The number of aryl methyl sites for hydroxylation is 1. The second-order valence-corrected chi connectivity index (χ2v) is 7.11. The predicted molar refractivity (Wildman–Crippen MR) is 78.7 cm³/mol. The van der Waals surface area contributed by atoms with E-state index in [1.165, 1.54) is 6.20 Å². The molecule has 8 heteroatoms. The van der Waals surface area contributed by atoms with E-state index in [9.17, 15) is 8.42 Å². The van der Waals surface area contributed by atoms with Gasteiger partial charge in [-0.2, -0.15) is 0 Å². The summed E-state index contributed by atoms with van der Waals surface area (Å²) in [5.74, 6) is 0.645. The number of sulfonamides is 1. The summed E-state index contributed by atoms with van der Waals surface area (Å²) >= 11 is 1.13. The fraction of sp³-hybridized carbons (Fsp3) is 0.250. The summed E-state index contributed by atoms with van der Waals surface area (Å²) in [5.41, 5.74) is 5.80. The van der Waals surface area contributed by atoms with Crippen LogP contribution in [0.4, 0.5) is 5.69 Å². The average molecular weight is 313 g/mol. The summed E-state index contributed by atoms with van der Waals surface area (Å²) in [6.07, 6.45) is 1.35. The molecular formula is C12H15N3O3S2. The number of aromatic nitrogens is 1. The van der Waals surface area contributed by atoms with Gasteiger partial charge in [0.25, 0.3) is 10.0 Å². The van der Waals surface area contributed by atoms with Crippen molar-refractivity contribution in [3.05, 3.63) is 35.5 Å². The quantitative estimate of drug-likeness (QED) is 0.844. The molecule has 0 fully saturated rings. The van der Waals surface area contributed by atoms with Crippen LogP contribution in [0.3, 0.4) is 0 Å². The second kappa shape index (κ2) is 6.21. The number of rotatable bonds is 6. The van der Waals surface area contributed by atoms with Crippen molar-refractivity contribution in [3.8, 4) is 5.75 Å². The van der Waals surface area contributed by atoms with Gasteiger partial charge in [-0.1, -0.05) is 0 Å². The zero-order valence-electron chi connectivity index (χ0n) is 10.9. The van der Waals surface area contributed by atoms with Crippen LogP contribution in [0.15, 0.2) is 34.7 Å². The number of hydrogen-bond donors (Lipinski definition) is 2. The molecule has 0 unspecified atom stereocenters. The molecule has 0 spiro atoms. The van der Waals surface area contributed by atoms with Crippen molar-refractivity contribution in [2.75, 3.05) is 17.9 Å². The molecule has 1 aromatic carbocycles. The molecule has 1 heterocycles. The van der Waals surface area contributed by atoms with Crippen molar-refractivity contribution >= 4 is 27.0 Å². The molecule has 0 aliphatic rings. The molecular weight excluding hydrogens is 298 g/mol. The number of benzene rings is 1. The molecule has 2 aromatic rings. The molecule has 0 radical (unpaired) electrons. The summed E-state index contributed by atoms with van der Waals surface area (Å²) in [6, 6.07) is 6.64. The van der Waals surface area contributed by atoms with Crippen LogP contribution in [0.1, 0.15) is 5.01 Å². The van der Waals surface area contributed by atoms with Gasteiger partial charge in [0.15, 0.2) is 4.21 Å². The van der Waals surface area contributed by atoms with Gasteiger partial charge in [0.2, 0.25) is 0 Å². The third-order valence-corrected chi connectivity index (χ3v) is 5.11. The fourth-order valence-electron chi connectivity index (χ4n) is 1.47. The topological polar surface area (TPSA) is 94.3 Å². The van der Waals surface area contributed by atoms with E-state index < -0.39 is 10.0 Å². The van der Waals surface area contributed by atoms with Crippen LogP contribution >= 0.6 is 11.3 Å². The van der Waals surface area contributed by atoms with Crippen LogP contribution < -0.4 is 15.2 Å². The number of nitrogens with two attached hydrogens (primary N) is 1. The lowest BCUT2D eigenvalue weighted by Gasteiger charge is -2.08. The number of nitrogens with zero attached hydrogens (tertiary/aromatic N) is 1. The molecule has 3 N–H and O–H groups in total. The molecule has 0 amide bonds. The molecule has 6 nitrogen and oxygen atoms in total. The van der Waals surface area contributed by atoms with E-state index in [1.807, 2.05) is 0 Å². The van der Waals surface area contributed by atoms with Crippen LogP contribution in [0.5, 0.6) is 5.75 Å². The number of ether oxygens (including phenoxy) is 1. The smallest absolute Gasteiger partial charge is 0.273 e. The van der Waals surface area contributed by atoms with Crippen molar-refractivity contribution in [2.24, 2.45) is 5.73 Å².